The normalized spacial score (nSPS) is 30.5. The van der Waals surface area contributed by atoms with Gasteiger partial charge >= 0.3 is 0 Å². The van der Waals surface area contributed by atoms with Crippen LogP contribution in [0.3, 0.4) is 0 Å². The summed E-state index contributed by atoms with van der Waals surface area (Å²) in [5, 5.41) is 0. The lowest BCUT2D eigenvalue weighted by Crippen LogP contribution is -2.52. The highest BCUT2D eigenvalue weighted by Crippen LogP contribution is 2.43. The fourth-order valence-corrected chi connectivity index (χ4v) is 2.86. The average Bonchev–Trinajstić information content (AvgIpc) is 2.28. The molecule has 0 aromatic rings. The molecule has 1 rings (SSSR count). The molecule has 1 saturated carbocycles. The molecule has 0 spiro atoms. The molecule has 3 nitrogen and oxygen atoms in total. The Morgan fingerprint density at radius 2 is 1.53 bits per heavy atom. The zero-order valence-electron chi connectivity index (χ0n) is 10.2. The molecule has 2 atom stereocenters. The van der Waals surface area contributed by atoms with Crippen molar-refractivity contribution >= 4 is 5.78 Å². The molecular weight excluding hydrogens is 192 g/mol. The van der Waals surface area contributed by atoms with Crippen molar-refractivity contribution in [2.24, 2.45) is 11.8 Å². The second-order valence-corrected chi connectivity index (χ2v) is 4.29. The quantitative estimate of drug-likeness (QED) is 0.674. The van der Waals surface area contributed by atoms with Gasteiger partial charge in [0.25, 0.3) is 0 Å². The molecule has 0 amide bonds. The first-order chi connectivity index (χ1) is 7.14. The number of ether oxygens (including phenoxy) is 2. The first-order valence-electron chi connectivity index (χ1n) is 5.76. The molecule has 3 heteroatoms. The van der Waals surface area contributed by atoms with Crippen molar-refractivity contribution in [3.63, 3.8) is 0 Å². The van der Waals surface area contributed by atoms with Gasteiger partial charge in [0.15, 0.2) is 5.79 Å². The summed E-state index contributed by atoms with van der Waals surface area (Å²) < 4.78 is 11.2. The Morgan fingerprint density at radius 3 is 1.80 bits per heavy atom. The van der Waals surface area contributed by atoms with Gasteiger partial charge in [0.05, 0.1) is 0 Å². The molecule has 0 saturated heterocycles. The van der Waals surface area contributed by atoms with Crippen LogP contribution in [-0.4, -0.2) is 25.8 Å². The summed E-state index contributed by atoms with van der Waals surface area (Å²) in [6, 6.07) is 0. The third-order valence-corrected chi connectivity index (χ3v) is 3.71. The lowest BCUT2D eigenvalue weighted by molar-refractivity contribution is -0.280. The maximum atomic E-state index is 11.6. The van der Waals surface area contributed by atoms with E-state index in [-0.39, 0.29) is 11.8 Å². The van der Waals surface area contributed by atoms with E-state index in [9.17, 15) is 4.79 Å². The van der Waals surface area contributed by atoms with Crippen LogP contribution < -0.4 is 0 Å². The summed E-state index contributed by atoms with van der Waals surface area (Å²) in [6.07, 6.45) is 3.02. The number of carbonyl (C=O) groups is 1. The van der Waals surface area contributed by atoms with E-state index >= 15 is 0 Å². The number of hydrogen-bond acceptors (Lipinski definition) is 3. The second kappa shape index (κ2) is 5.08. The van der Waals surface area contributed by atoms with E-state index in [1.807, 2.05) is 0 Å². The van der Waals surface area contributed by atoms with Crippen molar-refractivity contribution in [3.05, 3.63) is 0 Å². The van der Waals surface area contributed by atoms with E-state index in [4.69, 9.17) is 9.47 Å². The number of carbonyl (C=O) groups excluding carboxylic acids is 1. The van der Waals surface area contributed by atoms with Crippen LogP contribution >= 0.6 is 0 Å². The molecular formula is C12H22O3. The number of hydrogen-bond donors (Lipinski definition) is 0. The monoisotopic (exact) mass is 214 g/mol. The molecule has 0 aromatic carbocycles. The van der Waals surface area contributed by atoms with Gasteiger partial charge in [-0.1, -0.05) is 13.8 Å². The van der Waals surface area contributed by atoms with Crippen molar-refractivity contribution in [2.75, 3.05) is 14.2 Å². The van der Waals surface area contributed by atoms with Crippen LogP contribution in [0.15, 0.2) is 0 Å². The minimum atomic E-state index is -0.544. The number of methoxy groups -OCH3 is 2. The fourth-order valence-electron chi connectivity index (χ4n) is 2.86. The van der Waals surface area contributed by atoms with E-state index in [1.54, 1.807) is 14.2 Å². The molecule has 0 N–H and O–H groups in total. The first-order valence-corrected chi connectivity index (χ1v) is 5.76. The summed E-state index contributed by atoms with van der Waals surface area (Å²) in [6.45, 7) is 4.17. The third-order valence-electron chi connectivity index (χ3n) is 3.71. The van der Waals surface area contributed by atoms with Gasteiger partial charge in [0.1, 0.15) is 5.78 Å². The third kappa shape index (κ3) is 2.08. The number of rotatable bonds is 4. The Morgan fingerprint density at radius 1 is 1.13 bits per heavy atom. The maximum Gasteiger partial charge on any atom is 0.173 e. The van der Waals surface area contributed by atoms with Crippen LogP contribution in [0.4, 0.5) is 0 Å². The predicted octanol–water partition coefficient (Wildman–Crippen LogP) is 2.39. The molecule has 1 fully saturated rings. The van der Waals surface area contributed by atoms with Gasteiger partial charge in [0, 0.05) is 38.9 Å². The van der Waals surface area contributed by atoms with Gasteiger partial charge in [-0.25, -0.2) is 0 Å². The lowest BCUT2D eigenvalue weighted by atomic mass is 9.72. The molecule has 1 aliphatic rings. The molecule has 0 unspecified atom stereocenters. The number of ketones is 1. The van der Waals surface area contributed by atoms with Crippen LogP contribution in [0, 0.1) is 11.8 Å². The van der Waals surface area contributed by atoms with Crippen molar-refractivity contribution in [1.82, 2.24) is 0 Å². The zero-order valence-corrected chi connectivity index (χ0v) is 10.2. The van der Waals surface area contributed by atoms with Crippen LogP contribution in [0.1, 0.15) is 39.5 Å². The van der Waals surface area contributed by atoms with Crippen molar-refractivity contribution in [1.29, 1.82) is 0 Å². The SMILES string of the molecule is CC[C@@H]1CC(=O)C[C@@H](CC)C1(OC)OC. The standard InChI is InChI=1S/C12H22O3/c1-5-9-7-11(13)8-10(6-2)12(9,14-3)15-4/h9-10H,5-8H2,1-4H3/t9-,10-/m1/s1. The predicted molar refractivity (Wildman–Crippen MR) is 58.6 cm³/mol. The highest BCUT2D eigenvalue weighted by molar-refractivity contribution is 5.80. The molecule has 0 aromatic heterocycles. The number of Topliss-reactive ketones (excluding diaryl/α,β-unsaturated/α-hetero) is 1. The van der Waals surface area contributed by atoms with Crippen LogP contribution in [0.2, 0.25) is 0 Å². The average molecular weight is 214 g/mol. The van der Waals surface area contributed by atoms with Crippen LogP contribution in [0.5, 0.6) is 0 Å². The lowest BCUT2D eigenvalue weighted by Gasteiger charge is -2.46. The van der Waals surface area contributed by atoms with Gasteiger partial charge in [-0.15, -0.1) is 0 Å². The van der Waals surface area contributed by atoms with E-state index in [2.05, 4.69) is 13.8 Å². The van der Waals surface area contributed by atoms with Crippen LogP contribution in [-0.2, 0) is 14.3 Å². The fraction of sp³-hybridized carbons (Fsp3) is 0.917. The topological polar surface area (TPSA) is 35.5 Å². The van der Waals surface area contributed by atoms with E-state index in [0.29, 0.717) is 18.6 Å². The molecule has 15 heavy (non-hydrogen) atoms. The Balaban J connectivity index is 2.97. The Bertz CT molecular complexity index is 203. The minimum absolute atomic E-state index is 0.193. The Labute approximate surface area is 92.1 Å². The smallest absolute Gasteiger partial charge is 0.173 e. The largest absolute Gasteiger partial charge is 0.353 e. The summed E-state index contributed by atoms with van der Waals surface area (Å²) in [7, 11) is 3.37. The Hall–Kier alpha value is -0.410. The van der Waals surface area contributed by atoms with Crippen molar-refractivity contribution in [2.45, 2.75) is 45.3 Å². The maximum absolute atomic E-state index is 11.6. The van der Waals surface area contributed by atoms with E-state index in [1.165, 1.54) is 0 Å². The Kier molecular flexibility index (Phi) is 4.29. The van der Waals surface area contributed by atoms with E-state index < -0.39 is 5.79 Å². The molecule has 0 heterocycles. The highest BCUT2D eigenvalue weighted by Gasteiger charge is 2.49. The zero-order chi connectivity index (χ0) is 11.5. The molecule has 0 bridgehead atoms. The van der Waals surface area contributed by atoms with Gasteiger partial charge < -0.3 is 9.47 Å². The van der Waals surface area contributed by atoms with E-state index in [0.717, 1.165) is 12.8 Å². The van der Waals surface area contributed by atoms with Crippen LogP contribution in [0.25, 0.3) is 0 Å². The van der Waals surface area contributed by atoms with Gasteiger partial charge in [-0.3, -0.25) is 4.79 Å². The molecule has 0 aliphatic heterocycles. The second-order valence-electron chi connectivity index (χ2n) is 4.29. The van der Waals surface area contributed by atoms with Crippen molar-refractivity contribution < 1.29 is 14.3 Å². The summed E-state index contributed by atoms with van der Waals surface area (Å²) in [5.74, 6) is 0.188. The summed E-state index contributed by atoms with van der Waals surface area (Å²) >= 11 is 0. The van der Waals surface area contributed by atoms with Gasteiger partial charge in [-0.05, 0) is 12.8 Å². The van der Waals surface area contributed by atoms with Crippen molar-refractivity contribution in [3.8, 4) is 0 Å². The molecule has 0 radical (unpaired) electrons. The molecule has 88 valence electrons. The molecule has 1 aliphatic carbocycles. The van der Waals surface area contributed by atoms with Gasteiger partial charge in [0.2, 0.25) is 0 Å². The summed E-state index contributed by atoms with van der Waals surface area (Å²) in [4.78, 5) is 11.6. The highest BCUT2D eigenvalue weighted by atomic mass is 16.7. The minimum Gasteiger partial charge on any atom is -0.353 e. The van der Waals surface area contributed by atoms with Gasteiger partial charge in [-0.2, -0.15) is 0 Å². The summed E-state index contributed by atoms with van der Waals surface area (Å²) in [5.41, 5.74) is 0. The first kappa shape index (κ1) is 12.7.